The number of hydrogen-bond donors (Lipinski definition) is 0. The molecule has 0 saturated heterocycles. The monoisotopic (exact) mass is 251 g/mol. The van der Waals surface area contributed by atoms with Gasteiger partial charge in [-0.05, 0) is 24.3 Å². The van der Waals surface area contributed by atoms with Crippen molar-refractivity contribution in [1.29, 1.82) is 0 Å². The highest BCUT2D eigenvalue weighted by Crippen LogP contribution is 2.30. The standard InChI is InChI=1S/C13H17NS2/c1-2-3-4-5-8-13-14-10-12(16-13)11-7-6-9-15-11/h6-7,9-10H,2-5,8H2,1H3. The Kier molecular flexibility index (Phi) is 4.55. The molecule has 0 amide bonds. The van der Waals surface area contributed by atoms with Gasteiger partial charge in [-0.3, -0.25) is 0 Å². The number of thiophene rings is 1. The van der Waals surface area contributed by atoms with Crippen LogP contribution in [0.3, 0.4) is 0 Å². The van der Waals surface area contributed by atoms with Crippen LogP contribution in [0, 0.1) is 0 Å². The number of aryl methyl sites for hydroxylation is 1. The summed E-state index contributed by atoms with van der Waals surface area (Å²) < 4.78 is 0. The Balaban J connectivity index is 1.88. The van der Waals surface area contributed by atoms with Gasteiger partial charge in [0.1, 0.15) is 0 Å². The van der Waals surface area contributed by atoms with Gasteiger partial charge in [0.05, 0.1) is 9.88 Å². The third-order valence-electron chi connectivity index (χ3n) is 2.56. The maximum Gasteiger partial charge on any atom is 0.0931 e. The van der Waals surface area contributed by atoms with Gasteiger partial charge in [-0.15, -0.1) is 22.7 Å². The van der Waals surface area contributed by atoms with E-state index in [9.17, 15) is 0 Å². The summed E-state index contributed by atoms with van der Waals surface area (Å²) in [5.41, 5.74) is 0. The molecule has 0 unspecified atom stereocenters. The van der Waals surface area contributed by atoms with Gasteiger partial charge in [-0.1, -0.05) is 32.3 Å². The molecule has 0 N–H and O–H groups in total. The number of rotatable bonds is 6. The average molecular weight is 251 g/mol. The molecule has 0 fully saturated rings. The van der Waals surface area contributed by atoms with E-state index in [4.69, 9.17) is 0 Å². The molecule has 0 radical (unpaired) electrons. The topological polar surface area (TPSA) is 12.9 Å². The second kappa shape index (κ2) is 6.16. The van der Waals surface area contributed by atoms with Crippen LogP contribution in [0.5, 0.6) is 0 Å². The predicted octanol–water partition coefficient (Wildman–Crippen LogP) is 4.99. The van der Waals surface area contributed by atoms with Gasteiger partial charge in [-0.25, -0.2) is 4.98 Å². The Labute approximate surface area is 105 Å². The fourth-order valence-electron chi connectivity index (χ4n) is 1.66. The highest BCUT2D eigenvalue weighted by molar-refractivity contribution is 7.21. The molecule has 0 aliphatic heterocycles. The molecule has 0 bridgehead atoms. The molecule has 2 aromatic heterocycles. The average Bonchev–Trinajstić information content (AvgIpc) is 2.94. The quantitative estimate of drug-likeness (QED) is 0.659. The summed E-state index contributed by atoms with van der Waals surface area (Å²) in [6.07, 6.45) is 8.44. The zero-order valence-corrected chi connectivity index (χ0v) is 11.2. The third-order valence-corrected chi connectivity index (χ3v) is 4.68. The second-order valence-electron chi connectivity index (χ2n) is 3.91. The predicted molar refractivity (Wildman–Crippen MR) is 73.3 cm³/mol. The third kappa shape index (κ3) is 3.16. The minimum atomic E-state index is 1.15. The largest absolute Gasteiger partial charge is 0.249 e. The van der Waals surface area contributed by atoms with E-state index in [2.05, 4.69) is 29.4 Å². The lowest BCUT2D eigenvalue weighted by Crippen LogP contribution is -1.83. The molecule has 3 heteroatoms. The molecule has 0 atom stereocenters. The van der Waals surface area contributed by atoms with Gasteiger partial charge in [0.2, 0.25) is 0 Å². The van der Waals surface area contributed by atoms with Gasteiger partial charge in [0.15, 0.2) is 0 Å². The summed E-state index contributed by atoms with van der Waals surface area (Å²) in [6.45, 7) is 2.25. The van der Waals surface area contributed by atoms with Gasteiger partial charge >= 0.3 is 0 Å². The number of unbranched alkanes of at least 4 members (excludes halogenated alkanes) is 3. The smallest absolute Gasteiger partial charge is 0.0931 e. The van der Waals surface area contributed by atoms with Crippen LogP contribution in [0.1, 0.15) is 37.6 Å². The molecule has 86 valence electrons. The molecular weight excluding hydrogens is 234 g/mol. The van der Waals surface area contributed by atoms with Gasteiger partial charge in [0.25, 0.3) is 0 Å². The zero-order valence-electron chi connectivity index (χ0n) is 9.61. The lowest BCUT2D eigenvalue weighted by atomic mass is 10.2. The first-order valence-corrected chi connectivity index (χ1v) is 7.58. The molecular formula is C13H17NS2. The van der Waals surface area contributed by atoms with E-state index in [1.165, 1.54) is 40.4 Å². The van der Waals surface area contributed by atoms with Crippen molar-refractivity contribution in [2.75, 3.05) is 0 Å². The molecule has 0 aliphatic rings. The summed E-state index contributed by atoms with van der Waals surface area (Å²) in [6, 6.07) is 4.26. The molecule has 2 aromatic rings. The van der Waals surface area contributed by atoms with Crippen molar-refractivity contribution in [3.8, 4) is 9.75 Å². The number of aromatic nitrogens is 1. The van der Waals surface area contributed by atoms with E-state index in [0.29, 0.717) is 0 Å². The van der Waals surface area contributed by atoms with Gasteiger partial charge < -0.3 is 0 Å². The lowest BCUT2D eigenvalue weighted by Gasteiger charge is -1.95. The summed E-state index contributed by atoms with van der Waals surface area (Å²) >= 11 is 3.64. The van der Waals surface area contributed by atoms with Crippen molar-refractivity contribution in [3.63, 3.8) is 0 Å². The van der Waals surface area contributed by atoms with E-state index in [1.807, 2.05) is 17.5 Å². The second-order valence-corrected chi connectivity index (χ2v) is 5.97. The molecule has 1 nitrogen and oxygen atoms in total. The SMILES string of the molecule is CCCCCCc1ncc(-c2cccs2)s1. The molecule has 0 aromatic carbocycles. The van der Waals surface area contributed by atoms with Crippen LogP contribution in [-0.4, -0.2) is 4.98 Å². The number of nitrogens with zero attached hydrogens (tertiary/aromatic N) is 1. The van der Waals surface area contributed by atoms with Crippen LogP contribution in [0.15, 0.2) is 23.7 Å². The summed E-state index contributed by atoms with van der Waals surface area (Å²) in [5, 5.41) is 3.41. The number of thiazole rings is 1. The molecule has 0 aliphatic carbocycles. The van der Waals surface area contributed by atoms with Crippen molar-refractivity contribution >= 4 is 22.7 Å². The zero-order chi connectivity index (χ0) is 11.2. The summed E-state index contributed by atoms with van der Waals surface area (Å²) in [5.74, 6) is 0. The van der Waals surface area contributed by atoms with Crippen molar-refractivity contribution in [3.05, 3.63) is 28.7 Å². The highest BCUT2D eigenvalue weighted by Gasteiger charge is 2.04. The fraction of sp³-hybridized carbons (Fsp3) is 0.462. The molecule has 0 saturated carbocycles. The summed E-state index contributed by atoms with van der Waals surface area (Å²) in [4.78, 5) is 7.16. The molecule has 16 heavy (non-hydrogen) atoms. The Hall–Kier alpha value is -0.670. The van der Waals surface area contributed by atoms with Crippen LogP contribution in [0.25, 0.3) is 9.75 Å². The Morgan fingerprint density at radius 3 is 2.88 bits per heavy atom. The first-order valence-electron chi connectivity index (χ1n) is 5.88. The van der Waals surface area contributed by atoms with Crippen molar-refractivity contribution in [1.82, 2.24) is 4.98 Å². The normalized spacial score (nSPS) is 10.8. The van der Waals surface area contributed by atoms with Crippen LogP contribution in [0.4, 0.5) is 0 Å². The van der Waals surface area contributed by atoms with Crippen molar-refractivity contribution < 1.29 is 0 Å². The Morgan fingerprint density at radius 2 is 2.12 bits per heavy atom. The molecule has 2 heterocycles. The highest BCUT2D eigenvalue weighted by atomic mass is 32.1. The maximum atomic E-state index is 4.49. The minimum Gasteiger partial charge on any atom is -0.249 e. The maximum absolute atomic E-state index is 4.49. The molecule has 2 rings (SSSR count). The Morgan fingerprint density at radius 1 is 1.19 bits per heavy atom. The van der Waals surface area contributed by atoms with E-state index < -0.39 is 0 Å². The Bertz CT molecular complexity index is 403. The van der Waals surface area contributed by atoms with Gasteiger partial charge in [0, 0.05) is 11.1 Å². The summed E-state index contributed by atoms with van der Waals surface area (Å²) in [7, 11) is 0. The van der Waals surface area contributed by atoms with Crippen molar-refractivity contribution in [2.45, 2.75) is 39.0 Å². The van der Waals surface area contributed by atoms with Gasteiger partial charge in [-0.2, -0.15) is 0 Å². The number of hydrogen-bond acceptors (Lipinski definition) is 3. The van der Waals surface area contributed by atoms with E-state index in [-0.39, 0.29) is 0 Å². The van der Waals surface area contributed by atoms with Crippen LogP contribution >= 0.6 is 22.7 Å². The fourth-order valence-corrected chi connectivity index (χ4v) is 3.44. The van der Waals surface area contributed by atoms with Crippen LogP contribution in [-0.2, 0) is 6.42 Å². The van der Waals surface area contributed by atoms with Crippen LogP contribution < -0.4 is 0 Å². The molecule has 0 spiro atoms. The first kappa shape index (κ1) is 11.8. The van der Waals surface area contributed by atoms with Crippen molar-refractivity contribution in [2.24, 2.45) is 0 Å². The van der Waals surface area contributed by atoms with Crippen LogP contribution in [0.2, 0.25) is 0 Å². The van der Waals surface area contributed by atoms with E-state index in [1.54, 1.807) is 11.3 Å². The van der Waals surface area contributed by atoms with E-state index >= 15 is 0 Å². The van der Waals surface area contributed by atoms with E-state index in [0.717, 1.165) is 6.42 Å². The first-order chi connectivity index (χ1) is 7.90. The minimum absolute atomic E-state index is 1.15. The lowest BCUT2D eigenvalue weighted by molar-refractivity contribution is 0.665.